The number of hydrogen-bond acceptors (Lipinski definition) is 4. The number of carbonyl (C=O) groups excluding carboxylic acids is 1. The van der Waals surface area contributed by atoms with Crippen LogP contribution in [-0.4, -0.2) is 24.3 Å². The highest BCUT2D eigenvalue weighted by Crippen LogP contribution is 2.31. The van der Waals surface area contributed by atoms with Crippen molar-refractivity contribution in [3.05, 3.63) is 55.6 Å². The molecule has 120 valence electrons. The summed E-state index contributed by atoms with van der Waals surface area (Å²) in [5, 5.41) is 14.2. The number of carbonyl (C=O) groups is 1. The first kappa shape index (κ1) is 17.6. The smallest absolute Gasteiger partial charge is 0.271 e. The van der Waals surface area contributed by atoms with E-state index in [-0.39, 0.29) is 11.7 Å². The molecular weight excluding hydrogens is 431 g/mol. The first-order valence-corrected chi connectivity index (χ1v) is 8.04. The van der Waals surface area contributed by atoms with Gasteiger partial charge in [0, 0.05) is 10.6 Å². The number of nitrogens with one attached hydrogen (secondary N) is 1. The molecule has 0 atom stereocenters. The zero-order valence-corrected chi connectivity index (χ0v) is 15.3. The van der Waals surface area contributed by atoms with Gasteiger partial charge in [-0.2, -0.15) is 5.10 Å². The number of hydrogen-bond donors (Lipinski definition) is 2. The van der Waals surface area contributed by atoms with E-state index in [0.717, 1.165) is 5.56 Å². The third-order valence-corrected chi connectivity index (χ3v) is 4.31. The Hall–Kier alpha value is -1.80. The van der Waals surface area contributed by atoms with E-state index >= 15 is 0 Å². The number of rotatable bonds is 4. The summed E-state index contributed by atoms with van der Waals surface area (Å²) in [6, 6.07) is 8.38. The topological polar surface area (TPSA) is 70.9 Å². The summed E-state index contributed by atoms with van der Waals surface area (Å²) in [5.41, 5.74) is 4.45. The van der Waals surface area contributed by atoms with Crippen LogP contribution in [0, 0.1) is 10.5 Å². The molecule has 2 rings (SSSR count). The monoisotopic (exact) mass is 444 g/mol. The lowest BCUT2D eigenvalue weighted by Crippen LogP contribution is -2.17. The molecule has 1 amide bonds. The molecule has 7 heteroatoms. The lowest BCUT2D eigenvalue weighted by molar-refractivity contribution is 0.0955. The number of phenols is 1. The lowest BCUT2D eigenvalue weighted by Gasteiger charge is -2.06. The summed E-state index contributed by atoms with van der Waals surface area (Å²) < 4.78 is 5.69. The van der Waals surface area contributed by atoms with Crippen LogP contribution in [0.4, 0.5) is 0 Å². The zero-order valence-electron chi connectivity index (χ0n) is 12.4. The number of aryl methyl sites for hydroxylation is 1. The molecule has 0 aliphatic rings. The highest BCUT2D eigenvalue weighted by Gasteiger charge is 2.08. The highest BCUT2D eigenvalue weighted by atomic mass is 127. The Kier molecular flexibility index (Phi) is 5.84. The van der Waals surface area contributed by atoms with Gasteiger partial charge in [0.1, 0.15) is 0 Å². The maximum atomic E-state index is 12.0. The number of methoxy groups -OCH3 is 1. The van der Waals surface area contributed by atoms with Crippen LogP contribution in [0.25, 0.3) is 0 Å². The maximum absolute atomic E-state index is 12.0. The number of phenolic OH excluding ortho intramolecular Hbond substituents is 1. The lowest BCUT2D eigenvalue weighted by atomic mass is 10.1. The van der Waals surface area contributed by atoms with Gasteiger partial charge in [0.05, 0.1) is 16.9 Å². The Bertz CT molecular complexity index is 778. The molecule has 0 aliphatic carbocycles. The van der Waals surface area contributed by atoms with E-state index in [1.165, 1.54) is 13.3 Å². The van der Waals surface area contributed by atoms with Crippen molar-refractivity contribution in [2.75, 3.05) is 7.11 Å². The summed E-state index contributed by atoms with van der Waals surface area (Å²) in [4.78, 5) is 12.0. The predicted octanol–water partition coefficient (Wildman–Crippen LogP) is 3.73. The summed E-state index contributed by atoms with van der Waals surface area (Å²) >= 11 is 7.98. The molecular formula is C16H14ClIN2O3. The van der Waals surface area contributed by atoms with E-state index in [9.17, 15) is 9.90 Å². The van der Waals surface area contributed by atoms with Crippen LogP contribution in [0.5, 0.6) is 11.5 Å². The van der Waals surface area contributed by atoms with Crippen LogP contribution >= 0.6 is 34.2 Å². The molecule has 0 saturated heterocycles. The molecule has 0 radical (unpaired) electrons. The normalized spacial score (nSPS) is 10.8. The maximum Gasteiger partial charge on any atom is 0.271 e. The van der Waals surface area contributed by atoms with Crippen molar-refractivity contribution >= 4 is 46.3 Å². The van der Waals surface area contributed by atoms with E-state index in [4.69, 9.17) is 16.3 Å². The fraction of sp³-hybridized carbons (Fsp3) is 0.125. The van der Waals surface area contributed by atoms with Gasteiger partial charge in [-0.3, -0.25) is 4.79 Å². The minimum atomic E-state index is -0.358. The van der Waals surface area contributed by atoms with Crippen molar-refractivity contribution in [1.29, 1.82) is 0 Å². The number of hydrazone groups is 1. The average Bonchev–Trinajstić information content (AvgIpc) is 2.53. The molecule has 0 spiro atoms. The van der Waals surface area contributed by atoms with Crippen molar-refractivity contribution in [3.63, 3.8) is 0 Å². The van der Waals surface area contributed by atoms with E-state index in [2.05, 4.69) is 10.5 Å². The van der Waals surface area contributed by atoms with E-state index in [0.29, 0.717) is 25.5 Å². The molecule has 0 fully saturated rings. The Morgan fingerprint density at radius 3 is 2.78 bits per heavy atom. The minimum absolute atomic E-state index is 0.0728. The molecule has 0 heterocycles. The van der Waals surface area contributed by atoms with Crippen LogP contribution in [0.3, 0.4) is 0 Å². The highest BCUT2D eigenvalue weighted by molar-refractivity contribution is 14.1. The summed E-state index contributed by atoms with van der Waals surface area (Å²) in [5.74, 6) is 0.0576. The second kappa shape index (κ2) is 7.65. The Labute approximate surface area is 152 Å². The number of ether oxygens (including phenoxy) is 1. The van der Waals surface area contributed by atoms with Crippen LogP contribution < -0.4 is 10.2 Å². The summed E-state index contributed by atoms with van der Waals surface area (Å²) in [7, 11) is 1.47. The standard InChI is InChI=1S/C16H14ClIN2O3/c1-9-3-4-11(7-12(9)17)16(22)20-19-8-10-5-13(18)15(21)14(6-10)23-2/h3-8,21H,1-2H3,(H,20,22)/b19-8-. The van der Waals surface area contributed by atoms with Gasteiger partial charge in [0.2, 0.25) is 0 Å². The largest absolute Gasteiger partial charge is 0.504 e. The Morgan fingerprint density at radius 1 is 1.39 bits per heavy atom. The van der Waals surface area contributed by atoms with E-state index < -0.39 is 0 Å². The number of halogens is 2. The fourth-order valence-electron chi connectivity index (χ4n) is 1.79. The third kappa shape index (κ3) is 4.35. The molecule has 2 aromatic carbocycles. The van der Waals surface area contributed by atoms with Crippen molar-refractivity contribution in [2.45, 2.75) is 6.92 Å². The molecule has 0 unspecified atom stereocenters. The quantitative estimate of drug-likeness (QED) is 0.429. The third-order valence-electron chi connectivity index (χ3n) is 3.08. The molecule has 0 bridgehead atoms. The van der Waals surface area contributed by atoms with Gasteiger partial charge >= 0.3 is 0 Å². The van der Waals surface area contributed by atoms with Crippen molar-refractivity contribution in [3.8, 4) is 11.5 Å². The first-order valence-electron chi connectivity index (χ1n) is 6.58. The van der Waals surface area contributed by atoms with Gasteiger partial charge in [0.25, 0.3) is 5.91 Å². The molecule has 5 nitrogen and oxygen atoms in total. The Balaban J connectivity index is 2.10. The van der Waals surface area contributed by atoms with Crippen LogP contribution in [0.1, 0.15) is 21.5 Å². The molecule has 0 aromatic heterocycles. The van der Waals surface area contributed by atoms with E-state index in [1.54, 1.807) is 30.3 Å². The second-order valence-electron chi connectivity index (χ2n) is 4.72. The van der Waals surface area contributed by atoms with Gasteiger partial charge in [-0.05, 0) is 64.9 Å². The zero-order chi connectivity index (χ0) is 17.0. The van der Waals surface area contributed by atoms with Crippen molar-refractivity contribution < 1.29 is 14.6 Å². The summed E-state index contributed by atoms with van der Waals surface area (Å²) in [6.45, 7) is 1.86. The van der Waals surface area contributed by atoms with Gasteiger partial charge in [0.15, 0.2) is 11.5 Å². The van der Waals surface area contributed by atoms with Crippen LogP contribution in [-0.2, 0) is 0 Å². The minimum Gasteiger partial charge on any atom is -0.504 e. The Morgan fingerprint density at radius 2 is 2.13 bits per heavy atom. The molecule has 0 saturated carbocycles. The van der Waals surface area contributed by atoms with Gasteiger partial charge in [-0.1, -0.05) is 17.7 Å². The van der Waals surface area contributed by atoms with E-state index in [1.807, 2.05) is 29.5 Å². The first-order chi connectivity index (χ1) is 10.9. The van der Waals surface area contributed by atoms with Gasteiger partial charge in [-0.15, -0.1) is 0 Å². The van der Waals surface area contributed by atoms with Gasteiger partial charge in [-0.25, -0.2) is 5.43 Å². The number of amides is 1. The molecule has 0 aliphatic heterocycles. The number of benzene rings is 2. The fourth-order valence-corrected chi connectivity index (χ4v) is 2.59. The molecule has 2 N–H and O–H groups in total. The van der Waals surface area contributed by atoms with Crippen LogP contribution in [0.15, 0.2) is 35.4 Å². The van der Waals surface area contributed by atoms with Crippen molar-refractivity contribution in [2.24, 2.45) is 5.10 Å². The second-order valence-corrected chi connectivity index (χ2v) is 6.29. The SMILES string of the molecule is COc1cc(/C=N\NC(=O)c2ccc(C)c(Cl)c2)cc(I)c1O. The van der Waals surface area contributed by atoms with Crippen LogP contribution in [0.2, 0.25) is 5.02 Å². The summed E-state index contributed by atoms with van der Waals surface area (Å²) in [6.07, 6.45) is 1.47. The number of nitrogens with zero attached hydrogens (tertiary/aromatic N) is 1. The van der Waals surface area contributed by atoms with Gasteiger partial charge < -0.3 is 9.84 Å². The molecule has 23 heavy (non-hydrogen) atoms. The number of aromatic hydroxyl groups is 1. The van der Waals surface area contributed by atoms with Crippen molar-refractivity contribution in [1.82, 2.24) is 5.43 Å². The molecule has 2 aromatic rings. The predicted molar refractivity (Wildman–Crippen MR) is 98.6 cm³/mol. The average molecular weight is 445 g/mol.